The van der Waals surface area contributed by atoms with Crippen LogP contribution >= 0.6 is 11.3 Å². The second-order valence-electron chi connectivity index (χ2n) is 4.34. The fraction of sp³-hybridized carbons (Fsp3) is 0.0667. The first kappa shape index (κ1) is 12.6. The summed E-state index contributed by atoms with van der Waals surface area (Å²) in [7, 11) is 0. The molecule has 0 bridgehead atoms. The zero-order valence-corrected chi connectivity index (χ0v) is 11.8. The lowest BCUT2D eigenvalue weighted by atomic mass is 10.1. The Morgan fingerprint density at radius 2 is 1.60 bits per heavy atom. The van der Waals surface area contributed by atoms with Crippen molar-refractivity contribution in [3.63, 3.8) is 0 Å². The van der Waals surface area contributed by atoms with Crippen LogP contribution in [0.5, 0.6) is 0 Å². The normalized spacial score (nSPS) is 10.2. The van der Waals surface area contributed by atoms with Crippen LogP contribution in [0.2, 0.25) is 0 Å². The van der Waals surface area contributed by atoms with Crippen LogP contribution in [0.1, 0.15) is 5.56 Å². The van der Waals surface area contributed by atoms with Crippen molar-refractivity contribution < 1.29 is 0 Å². The molecule has 100 valence electrons. The van der Waals surface area contributed by atoms with E-state index in [9.17, 15) is 0 Å². The molecule has 0 aliphatic rings. The van der Waals surface area contributed by atoms with Crippen LogP contribution < -0.4 is 10.9 Å². The van der Waals surface area contributed by atoms with Gasteiger partial charge in [-0.25, -0.2) is 0 Å². The summed E-state index contributed by atoms with van der Waals surface area (Å²) in [4.78, 5) is 0. The summed E-state index contributed by atoms with van der Waals surface area (Å²) in [6.45, 7) is 2.08. The van der Waals surface area contributed by atoms with Gasteiger partial charge in [0.05, 0.1) is 5.69 Å². The lowest BCUT2D eigenvalue weighted by molar-refractivity contribution is 1.09. The molecule has 3 aromatic rings. The third kappa shape index (κ3) is 2.78. The van der Waals surface area contributed by atoms with Crippen molar-refractivity contribution in [3.8, 4) is 10.6 Å². The van der Waals surface area contributed by atoms with Crippen LogP contribution in [0.15, 0.2) is 54.6 Å². The van der Waals surface area contributed by atoms with E-state index in [1.165, 1.54) is 16.9 Å². The molecule has 1 heterocycles. The van der Waals surface area contributed by atoms with Crippen LogP contribution in [0, 0.1) is 6.92 Å². The van der Waals surface area contributed by atoms with Gasteiger partial charge in [0, 0.05) is 5.56 Å². The number of benzene rings is 2. The summed E-state index contributed by atoms with van der Waals surface area (Å²) >= 11 is 1.52. The zero-order valence-electron chi connectivity index (χ0n) is 11.0. The average molecular weight is 282 g/mol. The number of para-hydroxylation sites is 1. The van der Waals surface area contributed by atoms with E-state index in [1.54, 1.807) is 0 Å². The fourth-order valence-electron chi connectivity index (χ4n) is 1.84. The summed E-state index contributed by atoms with van der Waals surface area (Å²) in [5, 5.41) is 10.0. The Morgan fingerprint density at radius 3 is 2.40 bits per heavy atom. The van der Waals surface area contributed by atoms with E-state index in [1.807, 2.05) is 42.5 Å². The van der Waals surface area contributed by atoms with Gasteiger partial charge in [0.15, 0.2) is 0 Å². The number of hydrogen-bond acceptors (Lipinski definition) is 5. The Bertz CT molecular complexity index is 694. The molecular formula is C15H14N4S. The van der Waals surface area contributed by atoms with Crippen molar-refractivity contribution in [2.75, 3.05) is 10.9 Å². The highest BCUT2D eigenvalue weighted by atomic mass is 32.1. The van der Waals surface area contributed by atoms with Crippen molar-refractivity contribution in [2.24, 2.45) is 0 Å². The highest BCUT2D eigenvalue weighted by molar-refractivity contribution is 7.18. The van der Waals surface area contributed by atoms with E-state index < -0.39 is 0 Å². The topological polar surface area (TPSA) is 49.8 Å². The first-order valence-corrected chi connectivity index (χ1v) is 7.11. The number of hydrogen-bond donors (Lipinski definition) is 2. The number of aromatic nitrogens is 2. The van der Waals surface area contributed by atoms with E-state index in [2.05, 4.69) is 40.1 Å². The SMILES string of the molecule is Cc1ccccc1-c1nnc(NNc2ccccc2)s1. The second kappa shape index (κ2) is 5.71. The number of nitrogens with one attached hydrogen (secondary N) is 2. The molecule has 0 radical (unpaired) electrons. The van der Waals surface area contributed by atoms with Gasteiger partial charge in [-0.05, 0) is 24.6 Å². The quantitative estimate of drug-likeness (QED) is 0.711. The molecular weight excluding hydrogens is 268 g/mol. The molecule has 0 unspecified atom stereocenters. The molecule has 0 aliphatic carbocycles. The maximum atomic E-state index is 4.23. The van der Waals surface area contributed by atoms with Gasteiger partial charge in [-0.15, -0.1) is 10.2 Å². The summed E-state index contributed by atoms with van der Waals surface area (Å²) in [5.74, 6) is 0. The molecule has 1 aromatic heterocycles. The van der Waals surface area contributed by atoms with Crippen molar-refractivity contribution in [2.45, 2.75) is 6.92 Å². The molecule has 0 aliphatic heterocycles. The standard InChI is InChI=1S/C15H14N4S/c1-11-7-5-6-10-13(11)14-17-19-15(20-14)18-16-12-8-3-2-4-9-12/h2-10,16H,1H3,(H,18,19). The summed E-state index contributed by atoms with van der Waals surface area (Å²) < 4.78 is 0. The van der Waals surface area contributed by atoms with E-state index in [0.29, 0.717) is 0 Å². The number of aryl methyl sites for hydroxylation is 1. The van der Waals surface area contributed by atoms with E-state index in [4.69, 9.17) is 0 Å². The predicted octanol–water partition coefficient (Wildman–Crippen LogP) is 3.95. The lowest BCUT2D eigenvalue weighted by Crippen LogP contribution is -2.07. The molecule has 0 spiro atoms. The van der Waals surface area contributed by atoms with Crippen molar-refractivity contribution in [1.29, 1.82) is 0 Å². The molecule has 5 heteroatoms. The monoisotopic (exact) mass is 282 g/mol. The van der Waals surface area contributed by atoms with E-state index in [-0.39, 0.29) is 0 Å². The van der Waals surface area contributed by atoms with Crippen molar-refractivity contribution in [3.05, 3.63) is 60.2 Å². The first-order valence-electron chi connectivity index (χ1n) is 6.29. The Morgan fingerprint density at radius 1 is 0.850 bits per heavy atom. The lowest BCUT2D eigenvalue weighted by Gasteiger charge is -2.05. The van der Waals surface area contributed by atoms with Crippen LogP contribution in [0.4, 0.5) is 10.8 Å². The van der Waals surface area contributed by atoms with E-state index in [0.717, 1.165) is 21.4 Å². The minimum atomic E-state index is 0.743. The molecule has 3 rings (SSSR count). The van der Waals surface area contributed by atoms with Gasteiger partial charge in [0.1, 0.15) is 5.01 Å². The summed E-state index contributed by atoms with van der Waals surface area (Å²) in [6, 6.07) is 18.1. The largest absolute Gasteiger partial charge is 0.299 e. The molecule has 4 nitrogen and oxygen atoms in total. The maximum absolute atomic E-state index is 4.23. The van der Waals surface area contributed by atoms with Crippen LogP contribution in [-0.4, -0.2) is 10.2 Å². The van der Waals surface area contributed by atoms with Gasteiger partial charge in [0.2, 0.25) is 5.13 Å². The Balaban J connectivity index is 1.73. The van der Waals surface area contributed by atoms with Gasteiger partial charge >= 0.3 is 0 Å². The van der Waals surface area contributed by atoms with Gasteiger partial charge in [-0.3, -0.25) is 10.9 Å². The molecule has 2 N–H and O–H groups in total. The number of rotatable bonds is 4. The Kier molecular flexibility index (Phi) is 3.60. The minimum Gasteiger partial charge on any atom is -0.299 e. The average Bonchev–Trinajstić information content (AvgIpc) is 2.95. The summed E-state index contributed by atoms with van der Waals surface area (Å²) in [5.41, 5.74) is 9.47. The summed E-state index contributed by atoms with van der Waals surface area (Å²) in [6.07, 6.45) is 0. The Hall–Kier alpha value is -2.40. The van der Waals surface area contributed by atoms with Gasteiger partial charge in [-0.1, -0.05) is 53.8 Å². The van der Waals surface area contributed by atoms with Gasteiger partial charge < -0.3 is 0 Å². The zero-order chi connectivity index (χ0) is 13.8. The Labute approximate surface area is 121 Å². The fourth-order valence-corrected chi connectivity index (χ4v) is 2.63. The smallest absolute Gasteiger partial charge is 0.224 e. The second-order valence-corrected chi connectivity index (χ2v) is 5.32. The highest BCUT2D eigenvalue weighted by Gasteiger charge is 2.08. The molecule has 0 saturated carbocycles. The van der Waals surface area contributed by atoms with Crippen molar-refractivity contribution in [1.82, 2.24) is 10.2 Å². The minimum absolute atomic E-state index is 0.743. The predicted molar refractivity (Wildman–Crippen MR) is 83.8 cm³/mol. The number of anilines is 2. The molecule has 0 atom stereocenters. The van der Waals surface area contributed by atoms with Crippen LogP contribution in [0.3, 0.4) is 0 Å². The molecule has 0 fully saturated rings. The molecule has 2 aromatic carbocycles. The first-order chi connectivity index (χ1) is 9.83. The third-order valence-corrected chi connectivity index (χ3v) is 3.76. The van der Waals surface area contributed by atoms with Gasteiger partial charge in [-0.2, -0.15) is 0 Å². The number of nitrogens with zero attached hydrogens (tertiary/aromatic N) is 2. The van der Waals surface area contributed by atoms with Crippen LogP contribution in [0.25, 0.3) is 10.6 Å². The maximum Gasteiger partial charge on any atom is 0.224 e. The van der Waals surface area contributed by atoms with Crippen molar-refractivity contribution >= 4 is 22.2 Å². The van der Waals surface area contributed by atoms with Gasteiger partial charge in [0.25, 0.3) is 0 Å². The molecule has 0 amide bonds. The van der Waals surface area contributed by atoms with Crippen LogP contribution in [-0.2, 0) is 0 Å². The van der Waals surface area contributed by atoms with E-state index >= 15 is 0 Å². The highest BCUT2D eigenvalue weighted by Crippen LogP contribution is 2.28. The molecule has 0 saturated heterocycles. The number of hydrazine groups is 1. The third-order valence-electron chi connectivity index (χ3n) is 2.89. The molecule has 20 heavy (non-hydrogen) atoms.